The Morgan fingerprint density at radius 2 is 1.69 bits per heavy atom. The number of carbonyl (C=O) groups excluding carboxylic acids is 2. The summed E-state index contributed by atoms with van der Waals surface area (Å²) >= 11 is 0. The molecule has 0 saturated heterocycles. The highest BCUT2D eigenvalue weighted by atomic mass is 16.5. The molecule has 0 saturated carbocycles. The van der Waals surface area contributed by atoms with Gasteiger partial charge in [0.15, 0.2) is 0 Å². The molecule has 2 aromatic carbocycles. The molecule has 1 amide bonds. The van der Waals surface area contributed by atoms with Crippen LogP contribution in [0.25, 0.3) is 6.08 Å². The molecule has 26 heavy (non-hydrogen) atoms. The number of ether oxygens (including phenoxy) is 1. The Hall–Kier alpha value is -3.14. The fourth-order valence-electron chi connectivity index (χ4n) is 3.09. The van der Waals surface area contributed by atoms with Gasteiger partial charge < -0.3 is 4.74 Å². The number of methoxy groups -OCH3 is 1. The zero-order valence-electron chi connectivity index (χ0n) is 15.4. The van der Waals surface area contributed by atoms with E-state index in [0.717, 1.165) is 22.4 Å². The van der Waals surface area contributed by atoms with E-state index in [1.54, 1.807) is 17.9 Å². The molecular weight excluding hydrogens is 326 g/mol. The Bertz CT molecular complexity index is 936. The van der Waals surface area contributed by atoms with Gasteiger partial charge in [-0.2, -0.15) is 0 Å². The Morgan fingerprint density at radius 3 is 2.31 bits per heavy atom. The summed E-state index contributed by atoms with van der Waals surface area (Å²) in [5, 5.41) is 0. The summed E-state index contributed by atoms with van der Waals surface area (Å²) in [5.41, 5.74) is 5.00. The van der Waals surface area contributed by atoms with Gasteiger partial charge in [-0.3, -0.25) is 9.69 Å². The predicted molar refractivity (Wildman–Crippen MR) is 103 cm³/mol. The van der Waals surface area contributed by atoms with Crippen LogP contribution in [0.5, 0.6) is 0 Å². The van der Waals surface area contributed by atoms with Gasteiger partial charge in [0, 0.05) is 11.4 Å². The first kappa shape index (κ1) is 17.7. The predicted octanol–water partition coefficient (Wildman–Crippen LogP) is 4.18. The second kappa shape index (κ2) is 7.00. The molecule has 132 valence electrons. The van der Waals surface area contributed by atoms with Gasteiger partial charge in [0.1, 0.15) is 0 Å². The van der Waals surface area contributed by atoms with Crippen LogP contribution in [-0.2, 0) is 14.3 Å². The Balaban J connectivity index is 2.13. The maximum absolute atomic E-state index is 13.1. The quantitative estimate of drug-likeness (QED) is 0.618. The fourth-order valence-corrected chi connectivity index (χ4v) is 3.09. The fraction of sp³-hybridized carbons (Fsp3) is 0.182. The van der Waals surface area contributed by atoms with Gasteiger partial charge in [0.25, 0.3) is 5.91 Å². The zero-order valence-corrected chi connectivity index (χ0v) is 15.4. The zero-order chi connectivity index (χ0) is 18.8. The molecule has 0 radical (unpaired) electrons. The van der Waals surface area contributed by atoms with Gasteiger partial charge in [-0.05, 0) is 50.1 Å². The van der Waals surface area contributed by atoms with Crippen molar-refractivity contribution >= 4 is 23.6 Å². The third kappa shape index (κ3) is 3.18. The lowest BCUT2D eigenvalue weighted by molar-refractivity contribution is -0.136. The second-order valence-electron chi connectivity index (χ2n) is 6.40. The van der Waals surface area contributed by atoms with E-state index in [1.165, 1.54) is 7.11 Å². The van der Waals surface area contributed by atoms with Crippen LogP contribution in [0.15, 0.2) is 65.4 Å². The topological polar surface area (TPSA) is 46.6 Å². The van der Waals surface area contributed by atoms with Crippen LogP contribution in [0, 0.1) is 13.8 Å². The standard InChI is InChI=1S/C22H21NO3/c1-14-8-10-17(11-9-14)13-19-20(22(25)26-4)16(3)23(21(19)24)18-7-5-6-15(2)12-18/h5-13H,1-4H3/b19-13-. The smallest absolute Gasteiger partial charge is 0.340 e. The van der Waals surface area contributed by atoms with Crippen molar-refractivity contribution in [3.63, 3.8) is 0 Å². The van der Waals surface area contributed by atoms with Crippen molar-refractivity contribution in [2.45, 2.75) is 20.8 Å². The lowest BCUT2D eigenvalue weighted by Gasteiger charge is -2.18. The maximum atomic E-state index is 13.1. The van der Waals surface area contributed by atoms with Crippen molar-refractivity contribution in [2.24, 2.45) is 0 Å². The van der Waals surface area contributed by atoms with Crippen LogP contribution >= 0.6 is 0 Å². The number of nitrogens with zero attached hydrogens (tertiary/aromatic N) is 1. The molecule has 0 bridgehead atoms. The number of rotatable bonds is 3. The molecule has 0 spiro atoms. The summed E-state index contributed by atoms with van der Waals surface area (Å²) < 4.78 is 4.93. The van der Waals surface area contributed by atoms with Crippen molar-refractivity contribution < 1.29 is 14.3 Å². The van der Waals surface area contributed by atoms with E-state index in [0.29, 0.717) is 16.8 Å². The van der Waals surface area contributed by atoms with Crippen LogP contribution in [0.1, 0.15) is 23.6 Å². The Kier molecular flexibility index (Phi) is 4.76. The third-order valence-corrected chi connectivity index (χ3v) is 4.44. The van der Waals surface area contributed by atoms with Crippen molar-refractivity contribution in [3.8, 4) is 0 Å². The average molecular weight is 347 g/mol. The normalized spacial score (nSPS) is 15.8. The van der Waals surface area contributed by atoms with Crippen LogP contribution in [-0.4, -0.2) is 19.0 Å². The maximum Gasteiger partial charge on any atom is 0.340 e. The molecule has 0 N–H and O–H groups in total. The second-order valence-corrected chi connectivity index (χ2v) is 6.40. The summed E-state index contributed by atoms with van der Waals surface area (Å²) in [6.07, 6.45) is 1.74. The highest BCUT2D eigenvalue weighted by Crippen LogP contribution is 2.35. The first-order chi connectivity index (χ1) is 12.4. The van der Waals surface area contributed by atoms with Crippen molar-refractivity contribution in [1.82, 2.24) is 0 Å². The van der Waals surface area contributed by atoms with E-state index in [9.17, 15) is 9.59 Å². The SMILES string of the molecule is COC(=O)C1=C(C)N(c2cccc(C)c2)C(=O)/C1=C\c1ccc(C)cc1. The van der Waals surface area contributed by atoms with E-state index in [1.807, 2.05) is 62.4 Å². The van der Waals surface area contributed by atoms with Crippen LogP contribution < -0.4 is 4.90 Å². The number of hydrogen-bond acceptors (Lipinski definition) is 3. The van der Waals surface area contributed by atoms with Gasteiger partial charge in [-0.1, -0.05) is 42.0 Å². The van der Waals surface area contributed by atoms with Gasteiger partial charge >= 0.3 is 5.97 Å². The minimum Gasteiger partial charge on any atom is -0.465 e. The van der Waals surface area contributed by atoms with Crippen LogP contribution in [0.2, 0.25) is 0 Å². The molecule has 0 atom stereocenters. The first-order valence-corrected chi connectivity index (χ1v) is 8.41. The molecule has 2 aromatic rings. The minimum absolute atomic E-state index is 0.228. The minimum atomic E-state index is -0.510. The molecule has 1 aliphatic heterocycles. The first-order valence-electron chi connectivity index (χ1n) is 8.41. The van der Waals surface area contributed by atoms with E-state index >= 15 is 0 Å². The van der Waals surface area contributed by atoms with Gasteiger partial charge in [0.05, 0.1) is 18.3 Å². The summed E-state index contributed by atoms with van der Waals surface area (Å²) in [4.78, 5) is 27.1. The summed E-state index contributed by atoms with van der Waals surface area (Å²) in [7, 11) is 1.33. The molecule has 1 heterocycles. The monoisotopic (exact) mass is 347 g/mol. The summed E-state index contributed by atoms with van der Waals surface area (Å²) in [6.45, 7) is 5.73. The summed E-state index contributed by atoms with van der Waals surface area (Å²) in [6, 6.07) is 15.4. The van der Waals surface area contributed by atoms with Gasteiger partial charge in [-0.25, -0.2) is 4.79 Å². The number of esters is 1. The van der Waals surface area contributed by atoms with Crippen LogP contribution in [0.3, 0.4) is 0 Å². The largest absolute Gasteiger partial charge is 0.465 e. The van der Waals surface area contributed by atoms with E-state index in [2.05, 4.69) is 0 Å². The molecular formula is C22H21NO3. The van der Waals surface area contributed by atoms with E-state index < -0.39 is 5.97 Å². The van der Waals surface area contributed by atoms with E-state index in [4.69, 9.17) is 4.74 Å². The van der Waals surface area contributed by atoms with Crippen molar-refractivity contribution in [1.29, 1.82) is 0 Å². The van der Waals surface area contributed by atoms with Crippen LogP contribution in [0.4, 0.5) is 5.69 Å². The van der Waals surface area contributed by atoms with Gasteiger partial charge in [-0.15, -0.1) is 0 Å². The molecule has 0 aliphatic carbocycles. The number of amides is 1. The molecule has 1 aliphatic rings. The van der Waals surface area contributed by atoms with Gasteiger partial charge in [0.2, 0.25) is 0 Å². The highest BCUT2D eigenvalue weighted by molar-refractivity contribution is 6.23. The van der Waals surface area contributed by atoms with E-state index in [-0.39, 0.29) is 5.91 Å². The molecule has 0 unspecified atom stereocenters. The number of benzene rings is 2. The Labute approximate surface area is 153 Å². The third-order valence-electron chi connectivity index (χ3n) is 4.44. The molecule has 4 heteroatoms. The lowest BCUT2D eigenvalue weighted by atomic mass is 10.0. The summed E-state index contributed by atoms with van der Waals surface area (Å²) in [5.74, 6) is -0.738. The Morgan fingerprint density at radius 1 is 1.00 bits per heavy atom. The number of carbonyl (C=O) groups is 2. The van der Waals surface area contributed by atoms with Crippen molar-refractivity contribution in [3.05, 3.63) is 82.1 Å². The lowest BCUT2D eigenvalue weighted by Crippen LogP contribution is -2.24. The molecule has 0 fully saturated rings. The number of aryl methyl sites for hydroxylation is 2. The average Bonchev–Trinajstić information content (AvgIpc) is 2.86. The molecule has 3 rings (SSSR count). The van der Waals surface area contributed by atoms with Crippen molar-refractivity contribution in [2.75, 3.05) is 12.0 Å². The molecule has 0 aromatic heterocycles. The number of hydrogen-bond donors (Lipinski definition) is 0. The number of anilines is 1. The highest BCUT2D eigenvalue weighted by Gasteiger charge is 2.37. The number of allylic oxidation sites excluding steroid dienone is 1. The molecule has 4 nitrogen and oxygen atoms in total.